The van der Waals surface area contributed by atoms with E-state index in [0.717, 1.165) is 15.7 Å². The van der Waals surface area contributed by atoms with Crippen LogP contribution in [-0.4, -0.2) is 25.3 Å². The maximum atomic E-state index is 12.3. The van der Waals surface area contributed by atoms with Gasteiger partial charge in [0.15, 0.2) is 5.17 Å². The van der Waals surface area contributed by atoms with Crippen molar-refractivity contribution < 1.29 is 14.3 Å². The Kier molecular flexibility index (Phi) is 5.45. The first-order valence-corrected chi connectivity index (χ1v) is 8.98. The van der Waals surface area contributed by atoms with Crippen molar-refractivity contribution in [2.75, 3.05) is 14.2 Å². The van der Waals surface area contributed by atoms with E-state index in [1.54, 1.807) is 26.4 Å². The van der Waals surface area contributed by atoms with Gasteiger partial charge in [-0.15, -0.1) is 0 Å². The maximum Gasteiger partial charge on any atom is 0.264 e. The molecule has 1 fully saturated rings. The van der Waals surface area contributed by atoms with Crippen LogP contribution in [0.15, 0.2) is 56.8 Å². The van der Waals surface area contributed by atoms with Gasteiger partial charge in [-0.25, -0.2) is 4.99 Å². The van der Waals surface area contributed by atoms with Gasteiger partial charge < -0.3 is 14.8 Å². The van der Waals surface area contributed by atoms with Crippen LogP contribution in [0.2, 0.25) is 0 Å². The monoisotopic (exact) mass is 418 g/mol. The molecule has 0 aliphatic carbocycles. The van der Waals surface area contributed by atoms with Crippen molar-refractivity contribution in [1.29, 1.82) is 0 Å². The largest absolute Gasteiger partial charge is 0.497 e. The lowest BCUT2D eigenvalue weighted by molar-refractivity contribution is -0.115. The first-order chi connectivity index (χ1) is 12.1. The molecule has 1 N–H and O–H groups in total. The van der Waals surface area contributed by atoms with E-state index in [9.17, 15) is 4.79 Å². The minimum Gasteiger partial charge on any atom is -0.497 e. The van der Waals surface area contributed by atoms with Crippen molar-refractivity contribution in [3.63, 3.8) is 0 Å². The van der Waals surface area contributed by atoms with Crippen molar-refractivity contribution in [3.05, 3.63) is 57.4 Å². The zero-order valence-corrected chi connectivity index (χ0v) is 16.0. The third kappa shape index (κ3) is 4.05. The topological polar surface area (TPSA) is 59.9 Å². The van der Waals surface area contributed by atoms with Crippen LogP contribution in [-0.2, 0) is 4.79 Å². The molecule has 0 spiro atoms. The molecule has 1 amide bonds. The third-order valence-corrected chi connectivity index (χ3v) is 5.03. The first kappa shape index (κ1) is 17.6. The number of carbonyl (C=O) groups is 1. The summed E-state index contributed by atoms with van der Waals surface area (Å²) >= 11 is 4.73. The lowest BCUT2D eigenvalue weighted by Crippen LogP contribution is -2.19. The third-order valence-electron chi connectivity index (χ3n) is 3.45. The molecule has 1 aliphatic heterocycles. The van der Waals surface area contributed by atoms with Gasteiger partial charge in [0.25, 0.3) is 5.91 Å². The van der Waals surface area contributed by atoms with E-state index in [1.165, 1.54) is 11.8 Å². The Labute approximate surface area is 158 Å². The lowest BCUT2D eigenvalue weighted by atomic mass is 10.1. The summed E-state index contributed by atoms with van der Waals surface area (Å²) in [5, 5.41) is 3.31. The quantitative estimate of drug-likeness (QED) is 0.749. The van der Waals surface area contributed by atoms with E-state index in [2.05, 4.69) is 26.2 Å². The van der Waals surface area contributed by atoms with Crippen molar-refractivity contribution in [1.82, 2.24) is 5.32 Å². The Balaban J connectivity index is 1.91. The van der Waals surface area contributed by atoms with Crippen LogP contribution in [0.4, 0.5) is 5.69 Å². The molecule has 0 unspecified atom stereocenters. The molecule has 128 valence electrons. The van der Waals surface area contributed by atoms with E-state index < -0.39 is 0 Å². The average molecular weight is 419 g/mol. The summed E-state index contributed by atoms with van der Waals surface area (Å²) in [5.74, 6) is 1.16. The Morgan fingerprint density at radius 2 is 1.96 bits per heavy atom. The van der Waals surface area contributed by atoms with E-state index >= 15 is 0 Å². The second kappa shape index (κ2) is 7.76. The molecule has 1 aliphatic rings. The van der Waals surface area contributed by atoms with E-state index in [1.807, 2.05) is 36.4 Å². The van der Waals surface area contributed by atoms with E-state index in [4.69, 9.17) is 9.47 Å². The average Bonchev–Trinajstić information content (AvgIpc) is 2.96. The molecule has 0 radical (unpaired) electrons. The Bertz CT molecular complexity index is 880. The summed E-state index contributed by atoms with van der Waals surface area (Å²) in [6.45, 7) is 0. The SMILES string of the molecule is COc1ccc(OC)c(/C=C2/SC(=Nc3ccccc3Br)NC2=O)c1. The second-order valence-electron chi connectivity index (χ2n) is 5.04. The molecular weight excluding hydrogens is 404 g/mol. The highest BCUT2D eigenvalue weighted by Crippen LogP contribution is 2.33. The highest BCUT2D eigenvalue weighted by Gasteiger charge is 2.24. The number of aliphatic imine (C=N–C) groups is 1. The summed E-state index contributed by atoms with van der Waals surface area (Å²) in [6, 6.07) is 13.0. The van der Waals surface area contributed by atoms with Gasteiger partial charge in [0, 0.05) is 10.0 Å². The summed E-state index contributed by atoms with van der Waals surface area (Å²) in [4.78, 5) is 17.3. The molecule has 1 heterocycles. The zero-order chi connectivity index (χ0) is 17.8. The maximum absolute atomic E-state index is 12.3. The summed E-state index contributed by atoms with van der Waals surface area (Å²) in [5.41, 5.74) is 1.52. The predicted octanol–water partition coefficient (Wildman–Crippen LogP) is 4.36. The van der Waals surface area contributed by atoms with Crippen molar-refractivity contribution in [2.45, 2.75) is 0 Å². The minimum atomic E-state index is -0.194. The van der Waals surface area contributed by atoms with Gasteiger partial charge in [0.2, 0.25) is 0 Å². The molecule has 0 aromatic heterocycles. The number of thioether (sulfide) groups is 1. The van der Waals surface area contributed by atoms with Crippen molar-refractivity contribution in [3.8, 4) is 11.5 Å². The van der Waals surface area contributed by atoms with Gasteiger partial charge in [-0.3, -0.25) is 4.79 Å². The number of hydrogen-bond acceptors (Lipinski definition) is 5. The lowest BCUT2D eigenvalue weighted by Gasteiger charge is -2.07. The number of nitrogens with one attached hydrogen (secondary N) is 1. The molecule has 0 atom stereocenters. The van der Waals surface area contributed by atoms with Gasteiger partial charge in [-0.2, -0.15) is 0 Å². The molecule has 0 saturated carbocycles. The molecule has 25 heavy (non-hydrogen) atoms. The van der Waals surface area contributed by atoms with Crippen LogP contribution in [0.3, 0.4) is 0 Å². The fourth-order valence-electron chi connectivity index (χ4n) is 2.23. The fourth-order valence-corrected chi connectivity index (χ4v) is 3.42. The van der Waals surface area contributed by atoms with Gasteiger partial charge in [0.1, 0.15) is 11.5 Å². The number of amidine groups is 1. The number of ether oxygens (including phenoxy) is 2. The molecule has 0 bridgehead atoms. The van der Waals surface area contributed by atoms with Crippen LogP contribution in [0.5, 0.6) is 11.5 Å². The molecule has 2 aromatic rings. The van der Waals surface area contributed by atoms with Crippen LogP contribution >= 0.6 is 27.7 Å². The van der Waals surface area contributed by atoms with Crippen LogP contribution in [0.25, 0.3) is 6.08 Å². The number of methoxy groups -OCH3 is 2. The highest BCUT2D eigenvalue weighted by molar-refractivity contribution is 9.10. The van der Waals surface area contributed by atoms with Crippen LogP contribution in [0.1, 0.15) is 5.56 Å². The summed E-state index contributed by atoms with van der Waals surface area (Å²) in [6.07, 6.45) is 1.77. The second-order valence-corrected chi connectivity index (χ2v) is 6.93. The zero-order valence-electron chi connectivity index (χ0n) is 13.6. The van der Waals surface area contributed by atoms with Gasteiger partial charge in [-0.1, -0.05) is 12.1 Å². The van der Waals surface area contributed by atoms with Crippen LogP contribution in [0, 0.1) is 0 Å². The fraction of sp³-hybridized carbons (Fsp3) is 0.111. The van der Waals surface area contributed by atoms with Gasteiger partial charge in [0.05, 0.1) is 24.8 Å². The van der Waals surface area contributed by atoms with Crippen LogP contribution < -0.4 is 14.8 Å². The van der Waals surface area contributed by atoms with E-state index in [0.29, 0.717) is 21.6 Å². The number of carbonyl (C=O) groups excluding carboxylic acids is 1. The molecule has 1 saturated heterocycles. The number of para-hydroxylation sites is 1. The highest BCUT2D eigenvalue weighted by atomic mass is 79.9. The summed E-state index contributed by atoms with van der Waals surface area (Å²) in [7, 11) is 3.18. The molecule has 7 heteroatoms. The molecule has 5 nitrogen and oxygen atoms in total. The Morgan fingerprint density at radius 3 is 2.68 bits per heavy atom. The van der Waals surface area contributed by atoms with E-state index in [-0.39, 0.29) is 5.91 Å². The number of nitrogens with zero attached hydrogens (tertiary/aromatic N) is 1. The number of benzene rings is 2. The normalized spacial score (nSPS) is 17.0. The Hall–Kier alpha value is -2.25. The van der Waals surface area contributed by atoms with Crippen molar-refractivity contribution in [2.24, 2.45) is 4.99 Å². The molecular formula is C18H15BrN2O3S. The number of hydrogen-bond donors (Lipinski definition) is 1. The number of rotatable bonds is 4. The first-order valence-electron chi connectivity index (χ1n) is 7.37. The molecule has 2 aromatic carbocycles. The van der Waals surface area contributed by atoms with Gasteiger partial charge in [-0.05, 0) is 64.1 Å². The summed E-state index contributed by atoms with van der Waals surface area (Å²) < 4.78 is 11.5. The predicted molar refractivity (Wildman–Crippen MR) is 104 cm³/mol. The Morgan fingerprint density at radius 1 is 1.16 bits per heavy atom. The number of amides is 1. The van der Waals surface area contributed by atoms with Crippen molar-refractivity contribution >= 4 is 50.5 Å². The number of halogens is 1. The molecule has 3 rings (SSSR count). The smallest absolute Gasteiger partial charge is 0.264 e. The minimum absolute atomic E-state index is 0.194. The van der Waals surface area contributed by atoms with Gasteiger partial charge >= 0.3 is 0 Å². The standard InChI is InChI=1S/C18H15BrN2O3S/c1-23-12-7-8-15(24-2)11(9-12)10-16-17(22)21-18(25-16)20-14-6-4-3-5-13(14)19/h3-10H,1-2H3,(H,20,21,22)/b16-10+.